The molecule has 1 N–H and O–H groups in total. The molecule has 1 aromatic heterocycles. The van der Waals surface area contributed by atoms with Crippen LogP contribution >= 0.6 is 0 Å². The predicted octanol–water partition coefficient (Wildman–Crippen LogP) is 1.44. The van der Waals surface area contributed by atoms with Crippen molar-refractivity contribution in [2.24, 2.45) is 0 Å². The molecule has 0 aliphatic carbocycles. The zero-order valence-electron chi connectivity index (χ0n) is 6.97. The van der Waals surface area contributed by atoms with Gasteiger partial charge in [-0.25, -0.2) is 0 Å². The number of hydrogen-bond donors (Lipinski definition) is 1. The second-order valence-electron chi connectivity index (χ2n) is 2.42. The molecule has 0 aromatic carbocycles. The number of aromatic nitrogens is 1. The number of aliphatic hydroxyl groups excluding tert-OH is 1. The number of halogens is 3. The van der Waals surface area contributed by atoms with E-state index in [1.54, 1.807) is 0 Å². The minimum absolute atomic E-state index is 0.133. The molecule has 0 aliphatic heterocycles. The van der Waals surface area contributed by atoms with E-state index >= 15 is 0 Å². The van der Waals surface area contributed by atoms with Crippen molar-refractivity contribution in [2.75, 3.05) is 6.61 Å². The molecule has 0 saturated heterocycles. The Hall–Kier alpha value is -1.54. The van der Waals surface area contributed by atoms with Crippen LogP contribution in [0.4, 0.5) is 13.2 Å². The monoisotopic (exact) mass is 201 g/mol. The van der Waals surface area contributed by atoms with Gasteiger partial charge in [0.1, 0.15) is 6.61 Å². The van der Waals surface area contributed by atoms with E-state index in [2.05, 4.69) is 16.8 Å². The van der Waals surface area contributed by atoms with Crippen molar-refractivity contribution in [1.82, 2.24) is 4.98 Å². The molecular weight excluding hydrogens is 195 g/mol. The Bertz CT molecular complexity index is 376. The maximum absolute atomic E-state index is 12.2. The molecule has 0 spiro atoms. The zero-order chi connectivity index (χ0) is 10.6. The molecule has 0 atom stereocenters. The van der Waals surface area contributed by atoms with Crippen LogP contribution in [0, 0.1) is 11.8 Å². The van der Waals surface area contributed by atoms with Gasteiger partial charge in [-0.15, -0.1) is 0 Å². The largest absolute Gasteiger partial charge is 0.417 e. The van der Waals surface area contributed by atoms with Crippen molar-refractivity contribution < 1.29 is 18.3 Å². The molecule has 0 amide bonds. The van der Waals surface area contributed by atoms with Crippen LogP contribution in [0.1, 0.15) is 11.1 Å². The van der Waals surface area contributed by atoms with Gasteiger partial charge in [0.2, 0.25) is 0 Å². The van der Waals surface area contributed by atoms with Gasteiger partial charge in [-0.3, -0.25) is 4.98 Å². The van der Waals surface area contributed by atoms with E-state index in [9.17, 15) is 13.2 Å². The van der Waals surface area contributed by atoms with Gasteiger partial charge in [-0.1, -0.05) is 11.8 Å². The van der Waals surface area contributed by atoms with E-state index < -0.39 is 18.3 Å². The third-order valence-electron chi connectivity index (χ3n) is 1.38. The molecular formula is C9H6F3NO. The Morgan fingerprint density at radius 2 is 2.07 bits per heavy atom. The van der Waals surface area contributed by atoms with Gasteiger partial charge >= 0.3 is 6.18 Å². The topological polar surface area (TPSA) is 33.1 Å². The Morgan fingerprint density at radius 3 is 2.64 bits per heavy atom. The van der Waals surface area contributed by atoms with Gasteiger partial charge in [0, 0.05) is 18.0 Å². The Morgan fingerprint density at radius 1 is 1.36 bits per heavy atom. The molecule has 0 fully saturated rings. The van der Waals surface area contributed by atoms with Crippen molar-refractivity contribution in [3.63, 3.8) is 0 Å². The third-order valence-corrected chi connectivity index (χ3v) is 1.38. The summed E-state index contributed by atoms with van der Waals surface area (Å²) in [4.78, 5) is 3.40. The Labute approximate surface area is 78.4 Å². The molecule has 74 valence electrons. The average molecular weight is 201 g/mol. The number of pyridine rings is 1. The van der Waals surface area contributed by atoms with Crippen molar-refractivity contribution in [2.45, 2.75) is 6.18 Å². The quantitative estimate of drug-likeness (QED) is 0.644. The minimum Gasteiger partial charge on any atom is -0.384 e. The second kappa shape index (κ2) is 4.11. The number of aliphatic hydroxyl groups is 1. The van der Waals surface area contributed by atoms with Gasteiger partial charge in [0.15, 0.2) is 0 Å². The SMILES string of the molecule is OCC#Cc1cncc(C(F)(F)F)c1. The number of rotatable bonds is 0. The molecule has 14 heavy (non-hydrogen) atoms. The summed E-state index contributed by atoms with van der Waals surface area (Å²) in [5.41, 5.74) is -0.712. The highest BCUT2D eigenvalue weighted by Crippen LogP contribution is 2.28. The van der Waals surface area contributed by atoms with E-state index in [4.69, 9.17) is 5.11 Å². The predicted molar refractivity (Wildman–Crippen MR) is 43.2 cm³/mol. The first-order chi connectivity index (χ1) is 6.54. The van der Waals surface area contributed by atoms with Crippen LogP contribution in [0.5, 0.6) is 0 Å². The van der Waals surface area contributed by atoms with Crippen LogP contribution in [0.15, 0.2) is 18.5 Å². The van der Waals surface area contributed by atoms with Gasteiger partial charge in [0.25, 0.3) is 0 Å². The summed E-state index contributed by atoms with van der Waals surface area (Å²) < 4.78 is 36.5. The van der Waals surface area contributed by atoms with E-state index in [0.29, 0.717) is 0 Å². The molecule has 0 unspecified atom stereocenters. The lowest BCUT2D eigenvalue weighted by atomic mass is 10.2. The highest BCUT2D eigenvalue weighted by molar-refractivity contribution is 5.35. The molecule has 5 heteroatoms. The average Bonchev–Trinajstić information content (AvgIpc) is 2.14. The molecule has 1 aromatic rings. The fraction of sp³-hybridized carbons (Fsp3) is 0.222. The van der Waals surface area contributed by atoms with Gasteiger partial charge in [-0.05, 0) is 6.07 Å². The summed E-state index contributed by atoms with van der Waals surface area (Å²) in [5.74, 6) is 4.59. The summed E-state index contributed by atoms with van der Waals surface area (Å²) in [6, 6.07) is 0.885. The Kier molecular flexibility index (Phi) is 3.10. The van der Waals surface area contributed by atoms with Crippen LogP contribution < -0.4 is 0 Å². The standard InChI is InChI=1S/C9H6F3NO/c10-9(11,12)8-4-7(2-1-3-14)5-13-6-8/h4-6,14H,3H2. The lowest BCUT2D eigenvalue weighted by Crippen LogP contribution is -2.05. The first kappa shape index (κ1) is 10.5. The molecule has 1 rings (SSSR count). The van der Waals surface area contributed by atoms with E-state index in [0.717, 1.165) is 12.3 Å². The van der Waals surface area contributed by atoms with Gasteiger partial charge in [-0.2, -0.15) is 13.2 Å². The third kappa shape index (κ3) is 2.75. The minimum atomic E-state index is -4.41. The summed E-state index contributed by atoms with van der Waals surface area (Å²) in [6.45, 7) is -0.393. The molecule has 0 radical (unpaired) electrons. The fourth-order valence-corrected chi connectivity index (χ4v) is 0.805. The van der Waals surface area contributed by atoms with E-state index in [-0.39, 0.29) is 5.56 Å². The lowest BCUT2D eigenvalue weighted by molar-refractivity contribution is -0.137. The summed E-state index contributed by atoms with van der Waals surface area (Å²) >= 11 is 0. The molecule has 0 saturated carbocycles. The molecule has 0 bridgehead atoms. The number of hydrogen-bond acceptors (Lipinski definition) is 2. The lowest BCUT2D eigenvalue weighted by Gasteiger charge is -2.04. The number of nitrogens with zero attached hydrogens (tertiary/aromatic N) is 1. The first-order valence-electron chi connectivity index (χ1n) is 3.66. The smallest absolute Gasteiger partial charge is 0.384 e. The van der Waals surface area contributed by atoms with Gasteiger partial charge in [0.05, 0.1) is 5.56 Å². The first-order valence-corrected chi connectivity index (χ1v) is 3.66. The normalized spacial score (nSPS) is 10.6. The van der Waals surface area contributed by atoms with Crippen LogP contribution in [-0.4, -0.2) is 16.7 Å². The van der Waals surface area contributed by atoms with Crippen molar-refractivity contribution >= 4 is 0 Å². The summed E-state index contributed by atoms with van der Waals surface area (Å²) in [6.07, 6.45) is -2.48. The Balaban J connectivity index is 3.02. The molecule has 2 nitrogen and oxygen atoms in total. The van der Waals surface area contributed by atoms with Crippen LogP contribution in [-0.2, 0) is 6.18 Å². The molecule has 0 aliphatic rings. The van der Waals surface area contributed by atoms with Crippen molar-refractivity contribution in [3.05, 3.63) is 29.6 Å². The maximum atomic E-state index is 12.2. The van der Waals surface area contributed by atoms with Crippen molar-refractivity contribution in [1.29, 1.82) is 0 Å². The fourth-order valence-electron chi connectivity index (χ4n) is 0.805. The zero-order valence-corrected chi connectivity index (χ0v) is 6.97. The molecule has 1 heterocycles. The van der Waals surface area contributed by atoms with Crippen LogP contribution in [0.25, 0.3) is 0 Å². The summed E-state index contributed by atoms with van der Waals surface area (Å²) in [7, 11) is 0. The van der Waals surface area contributed by atoms with Gasteiger partial charge < -0.3 is 5.11 Å². The highest BCUT2D eigenvalue weighted by Gasteiger charge is 2.30. The van der Waals surface area contributed by atoms with Crippen molar-refractivity contribution in [3.8, 4) is 11.8 Å². The highest BCUT2D eigenvalue weighted by atomic mass is 19.4. The van der Waals surface area contributed by atoms with Crippen LogP contribution in [0.3, 0.4) is 0 Å². The van der Waals surface area contributed by atoms with E-state index in [1.807, 2.05) is 0 Å². The second-order valence-corrected chi connectivity index (χ2v) is 2.42. The summed E-state index contributed by atoms with van der Waals surface area (Å²) in [5, 5.41) is 8.34. The number of alkyl halides is 3. The maximum Gasteiger partial charge on any atom is 0.417 e. The van der Waals surface area contributed by atoms with E-state index in [1.165, 1.54) is 6.20 Å². The van der Waals surface area contributed by atoms with Crippen LogP contribution in [0.2, 0.25) is 0 Å².